The third-order valence-corrected chi connectivity index (χ3v) is 2.92. The Morgan fingerprint density at radius 3 is 2.71 bits per heavy atom. The zero-order chi connectivity index (χ0) is 14.7. The van der Waals surface area contributed by atoms with Gasteiger partial charge >= 0.3 is 0 Å². The molecule has 0 aliphatic heterocycles. The molecule has 106 valence electrons. The Morgan fingerprint density at radius 2 is 1.90 bits per heavy atom. The van der Waals surface area contributed by atoms with E-state index in [-0.39, 0.29) is 5.75 Å². The first-order valence-corrected chi connectivity index (χ1v) is 6.62. The van der Waals surface area contributed by atoms with Gasteiger partial charge in [-0.25, -0.2) is 0 Å². The highest BCUT2D eigenvalue weighted by molar-refractivity contribution is 5.61. The maximum atomic E-state index is 9.49. The van der Waals surface area contributed by atoms with E-state index < -0.39 is 0 Å². The third kappa shape index (κ3) is 2.86. The minimum atomic E-state index is 0.158. The van der Waals surface area contributed by atoms with Crippen LogP contribution in [-0.2, 0) is 0 Å². The molecule has 5 heteroatoms. The number of rotatable bonds is 4. The van der Waals surface area contributed by atoms with Crippen molar-refractivity contribution in [1.29, 1.82) is 0 Å². The van der Waals surface area contributed by atoms with Gasteiger partial charge in [-0.1, -0.05) is 23.4 Å². The monoisotopic (exact) mass is 282 g/mol. The second-order valence-electron chi connectivity index (χ2n) is 4.43. The van der Waals surface area contributed by atoms with Gasteiger partial charge in [0.05, 0.1) is 6.61 Å². The Morgan fingerprint density at radius 1 is 1.10 bits per heavy atom. The lowest BCUT2D eigenvalue weighted by Gasteiger charge is -2.02. The molecule has 2 aromatic carbocycles. The van der Waals surface area contributed by atoms with E-state index in [2.05, 4.69) is 10.1 Å². The van der Waals surface area contributed by atoms with Gasteiger partial charge in [0, 0.05) is 11.1 Å². The quantitative estimate of drug-likeness (QED) is 0.793. The van der Waals surface area contributed by atoms with Crippen molar-refractivity contribution in [3.63, 3.8) is 0 Å². The normalized spacial score (nSPS) is 10.5. The fourth-order valence-electron chi connectivity index (χ4n) is 1.99. The molecule has 0 amide bonds. The van der Waals surface area contributed by atoms with Crippen molar-refractivity contribution in [2.45, 2.75) is 6.92 Å². The highest BCUT2D eigenvalue weighted by Gasteiger charge is 2.11. The van der Waals surface area contributed by atoms with E-state index in [0.29, 0.717) is 23.9 Å². The van der Waals surface area contributed by atoms with Crippen LogP contribution in [-0.4, -0.2) is 21.9 Å². The largest absolute Gasteiger partial charge is 0.508 e. The van der Waals surface area contributed by atoms with Gasteiger partial charge in [-0.15, -0.1) is 0 Å². The minimum absolute atomic E-state index is 0.158. The average Bonchev–Trinajstić information content (AvgIpc) is 2.98. The van der Waals surface area contributed by atoms with Gasteiger partial charge in [0.25, 0.3) is 5.89 Å². The molecule has 3 rings (SSSR count). The molecule has 1 N–H and O–H groups in total. The van der Waals surface area contributed by atoms with Gasteiger partial charge in [-0.05, 0) is 37.3 Å². The second kappa shape index (κ2) is 5.66. The van der Waals surface area contributed by atoms with Crippen molar-refractivity contribution in [3.05, 3.63) is 48.5 Å². The molecule has 0 radical (unpaired) electrons. The first-order valence-electron chi connectivity index (χ1n) is 6.62. The molecule has 0 fully saturated rings. The van der Waals surface area contributed by atoms with Crippen molar-refractivity contribution < 1.29 is 14.4 Å². The molecule has 3 aromatic rings. The van der Waals surface area contributed by atoms with Gasteiger partial charge < -0.3 is 14.4 Å². The number of phenols is 1. The molecule has 0 spiro atoms. The Hall–Kier alpha value is -2.82. The molecule has 5 nitrogen and oxygen atoms in total. The Balaban J connectivity index is 1.93. The van der Waals surface area contributed by atoms with Crippen molar-refractivity contribution in [2.24, 2.45) is 0 Å². The third-order valence-electron chi connectivity index (χ3n) is 2.92. The van der Waals surface area contributed by atoms with E-state index in [4.69, 9.17) is 9.26 Å². The number of nitrogens with zero attached hydrogens (tertiary/aromatic N) is 2. The molecular formula is C16H14N2O3. The SMILES string of the molecule is CCOc1cccc(-c2noc(-c3cccc(O)c3)n2)c1. The number of aromatic nitrogens is 2. The van der Waals surface area contributed by atoms with Crippen molar-refractivity contribution >= 4 is 0 Å². The number of ether oxygens (including phenoxy) is 1. The lowest BCUT2D eigenvalue weighted by molar-refractivity contribution is 0.340. The number of phenolic OH excluding ortho intramolecular Hbond substituents is 1. The summed E-state index contributed by atoms with van der Waals surface area (Å²) in [6.07, 6.45) is 0. The predicted octanol–water partition coefficient (Wildman–Crippen LogP) is 3.51. The molecule has 1 heterocycles. The maximum absolute atomic E-state index is 9.49. The second-order valence-corrected chi connectivity index (χ2v) is 4.43. The zero-order valence-electron chi connectivity index (χ0n) is 11.5. The lowest BCUT2D eigenvalue weighted by Crippen LogP contribution is -1.91. The van der Waals surface area contributed by atoms with Crippen LogP contribution in [0.2, 0.25) is 0 Å². The number of benzene rings is 2. The first-order chi connectivity index (χ1) is 10.3. The molecule has 0 aliphatic rings. The summed E-state index contributed by atoms with van der Waals surface area (Å²) in [7, 11) is 0. The molecule has 1 aromatic heterocycles. The molecule has 21 heavy (non-hydrogen) atoms. The highest BCUT2D eigenvalue weighted by atomic mass is 16.5. The Bertz CT molecular complexity index is 753. The summed E-state index contributed by atoms with van der Waals surface area (Å²) in [5.41, 5.74) is 1.49. The zero-order valence-corrected chi connectivity index (χ0v) is 11.5. The van der Waals surface area contributed by atoms with Crippen molar-refractivity contribution in [3.8, 4) is 34.3 Å². The van der Waals surface area contributed by atoms with Crippen LogP contribution in [0.1, 0.15) is 6.92 Å². The highest BCUT2D eigenvalue weighted by Crippen LogP contribution is 2.26. The molecule has 0 atom stereocenters. The van der Waals surface area contributed by atoms with E-state index in [0.717, 1.165) is 11.3 Å². The van der Waals surface area contributed by atoms with Crippen LogP contribution in [0.5, 0.6) is 11.5 Å². The summed E-state index contributed by atoms with van der Waals surface area (Å²) in [6, 6.07) is 14.2. The molecule has 0 saturated heterocycles. The van der Waals surface area contributed by atoms with E-state index in [1.54, 1.807) is 24.3 Å². The Kier molecular flexibility index (Phi) is 3.55. The maximum Gasteiger partial charge on any atom is 0.258 e. The number of hydrogen-bond acceptors (Lipinski definition) is 5. The lowest BCUT2D eigenvalue weighted by atomic mass is 10.2. The molecule has 0 aliphatic carbocycles. The molecule has 0 saturated carbocycles. The minimum Gasteiger partial charge on any atom is -0.508 e. The van der Waals surface area contributed by atoms with Crippen LogP contribution in [0, 0.1) is 0 Å². The Labute approximate surface area is 121 Å². The van der Waals surface area contributed by atoms with E-state index >= 15 is 0 Å². The van der Waals surface area contributed by atoms with Crippen LogP contribution in [0.3, 0.4) is 0 Å². The smallest absolute Gasteiger partial charge is 0.258 e. The van der Waals surface area contributed by atoms with Crippen molar-refractivity contribution in [1.82, 2.24) is 10.1 Å². The van der Waals surface area contributed by atoms with Gasteiger partial charge in [0.1, 0.15) is 11.5 Å². The summed E-state index contributed by atoms with van der Waals surface area (Å²) < 4.78 is 10.7. The molecule has 0 bridgehead atoms. The summed E-state index contributed by atoms with van der Waals surface area (Å²) in [5, 5.41) is 13.5. The van der Waals surface area contributed by atoms with Gasteiger partial charge in [-0.3, -0.25) is 0 Å². The van der Waals surface area contributed by atoms with Crippen LogP contribution in [0.15, 0.2) is 53.1 Å². The molecular weight excluding hydrogens is 268 g/mol. The van der Waals surface area contributed by atoms with Crippen LogP contribution in [0.4, 0.5) is 0 Å². The fraction of sp³-hybridized carbons (Fsp3) is 0.125. The summed E-state index contributed by atoms with van der Waals surface area (Å²) in [4.78, 5) is 4.35. The topological polar surface area (TPSA) is 68.4 Å². The fourth-order valence-corrected chi connectivity index (χ4v) is 1.99. The van der Waals surface area contributed by atoms with Crippen LogP contribution in [0.25, 0.3) is 22.8 Å². The predicted molar refractivity (Wildman–Crippen MR) is 78.0 cm³/mol. The van der Waals surface area contributed by atoms with Crippen LogP contribution >= 0.6 is 0 Å². The summed E-state index contributed by atoms with van der Waals surface area (Å²) in [6.45, 7) is 2.53. The van der Waals surface area contributed by atoms with Gasteiger partial charge in [0.15, 0.2) is 0 Å². The first kappa shape index (κ1) is 13.2. The average molecular weight is 282 g/mol. The van der Waals surface area contributed by atoms with E-state index in [1.807, 2.05) is 31.2 Å². The number of aromatic hydroxyl groups is 1. The standard InChI is InChI=1S/C16H14N2O3/c1-2-20-14-8-4-5-11(10-14)15-17-16(21-18-15)12-6-3-7-13(19)9-12/h3-10,19H,2H2,1H3. The van der Waals surface area contributed by atoms with Crippen LogP contribution < -0.4 is 4.74 Å². The van der Waals surface area contributed by atoms with Gasteiger partial charge in [-0.2, -0.15) is 4.98 Å². The van der Waals surface area contributed by atoms with E-state index in [1.165, 1.54) is 0 Å². The molecule has 0 unspecified atom stereocenters. The number of hydrogen-bond donors (Lipinski definition) is 1. The summed E-state index contributed by atoms with van der Waals surface area (Å²) >= 11 is 0. The van der Waals surface area contributed by atoms with E-state index in [9.17, 15) is 5.11 Å². The summed E-state index contributed by atoms with van der Waals surface area (Å²) in [5.74, 6) is 1.77. The van der Waals surface area contributed by atoms with Gasteiger partial charge in [0.2, 0.25) is 5.82 Å². The van der Waals surface area contributed by atoms with Crippen molar-refractivity contribution in [2.75, 3.05) is 6.61 Å².